The molecular formula is C16H16N2O4. The third-order valence-corrected chi connectivity index (χ3v) is 2.99. The van der Waals surface area contributed by atoms with Gasteiger partial charge in [0.15, 0.2) is 0 Å². The minimum Gasteiger partial charge on any atom is -0.480 e. The van der Waals surface area contributed by atoms with E-state index in [0.29, 0.717) is 0 Å². The molecule has 0 radical (unpaired) electrons. The van der Waals surface area contributed by atoms with Gasteiger partial charge in [0.1, 0.15) is 12.6 Å². The molecule has 1 aromatic heterocycles. The van der Waals surface area contributed by atoms with Gasteiger partial charge in [-0.1, -0.05) is 30.3 Å². The largest absolute Gasteiger partial charge is 0.480 e. The first-order chi connectivity index (χ1) is 10.6. The zero-order valence-corrected chi connectivity index (χ0v) is 11.8. The molecule has 0 bridgehead atoms. The Kier molecular flexibility index (Phi) is 5.48. The van der Waals surface area contributed by atoms with Crippen molar-refractivity contribution in [2.24, 2.45) is 0 Å². The number of carboxylic acids is 1. The summed E-state index contributed by atoms with van der Waals surface area (Å²) in [6.45, 7) is 0.0915. The summed E-state index contributed by atoms with van der Waals surface area (Å²) in [6, 6.07) is 11.5. The van der Waals surface area contributed by atoms with Gasteiger partial charge in [0, 0.05) is 18.8 Å². The maximum absolute atomic E-state index is 11.7. The molecule has 0 aliphatic rings. The van der Waals surface area contributed by atoms with Crippen LogP contribution in [0.4, 0.5) is 4.79 Å². The Bertz CT molecular complexity index is 617. The van der Waals surface area contributed by atoms with E-state index in [4.69, 9.17) is 4.74 Å². The maximum atomic E-state index is 11.7. The molecule has 1 unspecified atom stereocenters. The summed E-state index contributed by atoms with van der Waals surface area (Å²) >= 11 is 0. The summed E-state index contributed by atoms with van der Waals surface area (Å²) < 4.78 is 5.02. The van der Waals surface area contributed by atoms with Crippen molar-refractivity contribution in [1.29, 1.82) is 0 Å². The number of benzene rings is 1. The molecule has 2 rings (SSSR count). The Balaban J connectivity index is 1.88. The van der Waals surface area contributed by atoms with Crippen LogP contribution < -0.4 is 5.32 Å². The number of hydrogen-bond acceptors (Lipinski definition) is 4. The van der Waals surface area contributed by atoms with Crippen LogP contribution in [-0.4, -0.2) is 28.2 Å². The van der Waals surface area contributed by atoms with E-state index < -0.39 is 18.1 Å². The Morgan fingerprint density at radius 1 is 1.09 bits per heavy atom. The molecule has 114 valence electrons. The van der Waals surface area contributed by atoms with Crippen LogP contribution in [-0.2, 0) is 22.6 Å². The predicted molar refractivity (Wildman–Crippen MR) is 79.1 cm³/mol. The number of aliphatic carboxylic acids is 1. The van der Waals surface area contributed by atoms with E-state index in [1.807, 2.05) is 30.3 Å². The smallest absolute Gasteiger partial charge is 0.408 e. The number of carbonyl (C=O) groups excluding carboxylic acids is 1. The van der Waals surface area contributed by atoms with Crippen molar-refractivity contribution in [3.05, 3.63) is 66.0 Å². The highest BCUT2D eigenvalue weighted by Gasteiger charge is 2.21. The standard InChI is InChI=1S/C16H16N2O4/c19-15(20)14(10-12-6-8-17-9-7-12)18-16(21)22-11-13-4-2-1-3-5-13/h1-9,14H,10-11H2,(H,18,21)(H,19,20). The summed E-state index contributed by atoms with van der Waals surface area (Å²) in [5.41, 5.74) is 1.60. The number of hydrogen-bond donors (Lipinski definition) is 2. The van der Waals surface area contributed by atoms with E-state index in [2.05, 4.69) is 10.3 Å². The van der Waals surface area contributed by atoms with Crippen molar-refractivity contribution in [2.45, 2.75) is 19.1 Å². The molecule has 6 nitrogen and oxygen atoms in total. The van der Waals surface area contributed by atoms with Gasteiger partial charge in [0.25, 0.3) is 0 Å². The van der Waals surface area contributed by atoms with Gasteiger partial charge in [0.2, 0.25) is 0 Å². The summed E-state index contributed by atoms with van der Waals surface area (Å²) in [5, 5.41) is 11.5. The van der Waals surface area contributed by atoms with Crippen molar-refractivity contribution in [3.8, 4) is 0 Å². The van der Waals surface area contributed by atoms with Gasteiger partial charge < -0.3 is 15.2 Å². The average Bonchev–Trinajstić information content (AvgIpc) is 2.54. The number of carbonyl (C=O) groups is 2. The van der Waals surface area contributed by atoms with Gasteiger partial charge in [-0.05, 0) is 23.3 Å². The van der Waals surface area contributed by atoms with E-state index in [1.54, 1.807) is 24.5 Å². The lowest BCUT2D eigenvalue weighted by Gasteiger charge is -2.14. The molecule has 0 aliphatic carbocycles. The van der Waals surface area contributed by atoms with Crippen molar-refractivity contribution >= 4 is 12.1 Å². The zero-order chi connectivity index (χ0) is 15.8. The highest BCUT2D eigenvalue weighted by atomic mass is 16.5. The molecule has 0 fully saturated rings. The van der Waals surface area contributed by atoms with Crippen LogP contribution in [0.15, 0.2) is 54.9 Å². The summed E-state index contributed by atoms with van der Waals surface area (Å²) in [5.74, 6) is -1.12. The van der Waals surface area contributed by atoms with E-state index in [0.717, 1.165) is 11.1 Å². The number of rotatable bonds is 6. The number of pyridine rings is 1. The Hall–Kier alpha value is -2.89. The molecule has 0 spiro atoms. The fourth-order valence-electron chi connectivity index (χ4n) is 1.86. The topological polar surface area (TPSA) is 88.5 Å². The van der Waals surface area contributed by atoms with Crippen LogP contribution in [0, 0.1) is 0 Å². The van der Waals surface area contributed by atoms with Crippen LogP contribution in [0.25, 0.3) is 0 Å². The lowest BCUT2D eigenvalue weighted by molar-refractivity contribution is -0.139. The molecule has 22 heavy (non-hydrogen) atoms. The molecule has 1 aromatic carbocycles. The molecule has 1 heterocycles. The molecule has 0 saturated heterocycles. The number of alkyl carbamates (subject to hydrolysis) is 1. The van der Waals surface area contributed by atoms with E-state index in [1.165, 1.54) is 0 Å². The van der Waals surface area contributed by atoms with Crippen LogP contribution in [0.3, 0.4) is 0 Å². The minimum atomic E-state index is -1.12. The lowest BCUT2D eigenvalue weighted by atomic mass is 10.1. The molecule has 2 aromatic rings. The SMILES string of the molecule is O=C(NC(Cc1ccncc1)C(=O)O)OCc1ccccc1. The predicted octanol–water partition coefficient (Wildman–Crippen LogP) is 2.00. The second-order valence-corrected chi connectivity index (χ2v) is 4.66. The third kappa shape index (κ3) is 4.90. The van der Waals surface area contributed by atoms with Gasteiger partial charge in [-0.3, -0.25) is 4.98 Å². The summed E-state index contributed by atoms with van der Waals surface area (Å²) in [6.07, 6.45) is 2.55. The number of ether oxygens (including phenoxy) is 1. The first-order valence-corrected chi connectivity index (χ1v) is 6.74. The van der Waals surface area contributed by atoms with Crippen molar-refractivity contribution in [3.63, 3.8) is 0 Å². The normalized spacial score (nSPS) is 11.5. The van der Waals surface area contributed by atoms with Crippen LogP contribution in [0.2, 0.25) is 0 Å². The van der Waals surface area contributed by atoms with Crippen molar-refractivity contribution in [1.82, 2.24) is 10.3 Å². The zero-order valence-electron chi connectivity index (χ0n) is 11.8. The van der Waals surface area contributed by atoms with Gasteiger partial charge in [-0.2, -0.15) is 0 Å². The highest BCUT2D eigenvalue weighted by Crippen LogP contribution is 2.04. The van der Waals surface area contributed by atoms with E-state index >= 15 is 0 Å². The Labute approximate surface area is 127 Å². The molecule has 0 aliphatic heterocycles. The second-order valence-electron chi connectivity index (χ2n) is 4.66. The van der Waals surface area contributed by atoms with Crippen molar-refractivity contribution in [2.75, 3.05) is 0 Å². The Morgan fingerprint density at radius 3 is 2.41 bits per heavy atom. The molecule has 1 amide bonds. The first-order valence-electron chi connectivity index (χ1n) is 6.74. The number of aromatic nitrogens is 1. The van der Waals surface area contributed by atoms with Crippen molar-refractivity contribution < 1.29 is 19.4 Å². The monoisotopic (exact) mass is 300 g/mol. The molecular weight excluding hydrogens is 284 g/mol. The second kappa shape index (κ2) is 7.78. The quantitative estimate of drug-likeness (QED) is 0.852. The van der Waals surface area contributed by atoms with Gasteiger partial charge in [-0.25, -0.2) is 9.59 Å². The maximum Gasteiger partial charge on any atom is 0.408 e. The van der Waals surface area contributed by atoms with E-state index in [-0.39, 0.29) is 13.0 Å². The Morgan fingerprint density at radius 2 is 1.77 bits per heavy atom. The molecule has 0 saturated carbocycles. The molecule has 6 heteroatoms. The highest BCUT2D eigenvalue weighted by molar-refractivity contribution is 5.80. The number of nitrogens with one attached hydrogen (secondary N) is 1. The summed E-state index contributed by atoms with van der Waals surface area (Å²) in [7, 11) is 0. The number of carboxylic acid groups (broad SMARTS) is 1. The van der Waals surface area contributed by atoms with Gasteiger partial charge in [0.05, 0.1) is 0 Å². The number of nitrogens with zero attached hydrogens (tertiary/aromatic N) is 1. The van der Waals surface area contributed by atoms with Crippen LogP contribution >= 0.6 is 0 Å². The fraction of sp³-hybridized carbons (Fsp3) is 0.188. The molecule has 2 N–H and O–H groups in total. The average molecular weight is 300 g/mol. The summed E-state index contributed by atoms with van der Waals surface area (Å²) in [4.78, 5) is 26.8. The van der Waals surface area contributed by atoms with Crippen LogP contribution in [0.1, 0.15) is 11.1 Å². The lowest BCUT2D eigenvalue weighted by Crippen LogP contribution is -2.42. The third-order valence-electron chi connectivity index (χ3n) is 2.99. The van der Waals surface area contributed by atoms with E-state index in [9.17, 15) is 14.7 Å². The number of amides is 1. The molecule has 1 atom stereocenters. The fourth-order valence-corrected chi connectivity index (χ4v) is 1.86. The minimum absolute atomic E-state index is 0.0915. The van der Waals surface area contributed by atoms with Gasteiger partial charge >= 0.3 is 12.1 Å². The first kappa shape index (κ1) is 15.5. The van der Waals surface area contributed by atoms with Crippen LogP contribution in [0.5, 0.6) is 0 Å². The van der Waals surface area contributed by atoms with Gasteiger partial charge in [-0.15, -0.1) is 0 Å².